The van der Waals surface area contributed by atoms with Crippen molar-refractivity contribution in [3.8, 4) is 5.82 Å². The lowest BCUT2D eigenvalue weighted by Crippen LogP contribution is -2.36. The Balaban J connectivity index is 1.31. The van der Waals surface area contributed by atoms with E-state index in [0.29, 0.717) is 13.1 Å². The highest BCUT2D eigenvalue weighted by atomic mass is 16.2. The first kappa shape index (κ1) is 20.3. The molecule has 2 aromatic heterocycles. The van der Waals surface area contributed by atoms with Gasteiger partial charge in [0.25, 0.3) is 0 Å². The molecule has 4 rings (SSSR count). The Hall–Kier alpha value is -3.93. The van der Waals surface area contributed by atoms with E-state index in [0.717, 1.165) is 17.8 Å². The van der Waals surface area contributed by atoms with Crippen LogP contribution in [0.15, 0.2) is 97.5 Å². The summed E-state index contributed by atoms with van der Waals surface area (Å²) < 4.78 is 1.69. The lowest BCUT2D eigenvalue weighted by molar-refractivity contribution is 0.240. The molecule has 31 heavy (non-hydrogen) atoms. The molecule has 6 nitrogen and oxygen atoms in total. The number of rotatable bonds is 8. The largest absolute Gasteiger partial charge is 0.338 e. The van der Waals surface area contributed by atoms with Gasteiger partial charge in [0.15, 0.2) is 5.82 Å². The van der Waals surface area contributed by atoms with E-state index in [1.807, 2.05) is 36.5 Å². The van der Waals surface area contributed by atoms with Gasteiger partial charge in [-0.25, -0.2) is 14.5 Å². The minimum Gasteiger partial charge on any atom is -0.338 e. The molecular weight excluding hydrogens is 386 g/mol. The van der Waals surface area contributed by atoms with Crippen molar-refractivity contribution < 1.29 is 4.79 Å². The highest BCUT2D eigenvalue weighted by Crippen LogP contribution is 2.27. The molecule has 0 atom stereocenters. The van der Waals surface area contributed by atoms with Gasteiger partial charge in [0.05, 0.1) is 0 Å². The van der Waals surface area contributed by atoms with Crippen LogP contribution in [0.3, 0.4) is 0 Å². The van der Waals surface area contributed by atoms with E-state index in [2.05, 4.69) is 69.2 Å². The number of benzene rings is 2. The molecule has 0 radical (unpaired) electrons. The lowest BCUT2D eigenvalue weighted by Gasteiger charge is -2.18. The van der Waals surface area contributed by atoms with Crippen molar-refractivity contribution in [3.05, 3.63) is 114 Å². The fourth-order valence-electron chi connectivity index (χ4n) is 3.57. The monoisotopic (exact) mass is 411 g/mol. The predicted octanol–water partition coefficient (Wildman–Crippen LogP) is 4.29. The molecule has 0 saturated carbocycles. The number of carbonyl (C=O) groups is 1. The van der Waals surface area contributed by atoms with E-state index in [1.165, 1.54) is 11.1 Å². The average molecular weight is 412 g/mol. The molecule has 0 unspecified atom stereocenters. The van der Waals surface area contributed by atoms with Crippen molar-refractivity contribution in [3.63, 3.8) is 0 Å². The molecule has 0 saturated heterocycles. The molecule has 2 aromatic carbocycles. The van der Waals surface area contributed by atoms with Gasteiger partial charge in [-0.05, 0) is 41.3 Å². The Morgan fingerprint density at radius 3 is 2.23 bits per heavy atom. The number of hydrogen-bond donors (Lipinski definition) is 2. The molecule has 0 spiro atoms. The quantitative estimate of drug-likeness (QED) is 0.454. The summed E-state index contributed by atoms with van der Waals surface area (Å²) in [5, 5.41) is 10.1. The van der Waals surface area contributed by atoms with Gasteiger partial charge in [-0.1, -0.05) is 60.7 Å². The summed E-state index contributed by atoms with van der Waals surface area (Å²) in [4.78, 5) is 16.6. The van der Waals surface area contributed by atoms with Crippen molar-refractivity contribution in [2.24, 2.45) is 0 Å². The third-order valence-electron chi connectivity index (χ3n) is 5.12. The molecule has 2 amide bonds. The summed E-state index contributed by atoms with van der Waals surface area (Å²) in [7, 11) is 0. The van der Waals surface area contributed by atoms with Crippen molar-refractivity contribution >= 4 is 6.03 Å². The molecule has 2 heterocycles. The zero-order valence-corrected chi connectivity index (χ0v) is 17.2. The number of urea groups is 1. The van der Waals surface area contributed by atoms with Crippen LogP contribution in [0.1, 0.15) is 29.0 Å². The normalized spacial score (nSPS) is 10.7. The molecule has 0 aliphatic heterocycles. The van der Waals surface area contributed by atoms with Gasteiger partial charge in [-0.2, -0.15) is 5.10 Å². The highest BCUT2D eigenvalue weighted by molar-refractivity contribution is 5.73. The first-order valence-corrected chi connectivity index (χ1v) is 10.4. The summed E-state index contributed by atoms with van der Waals surface area (Å²) >= 11 is 0. The van der Waals surface area contributed by atoms with Gasteiger partial charge in [0.2, 0.25) is 0 Å². The maximum Gasteiger partial charge on any atom is 0.315 e. The Kier molecular flexibility index (Phi) is 6.70. The third kappa shape index (κ3) is 5.57. The zero-order valence-electron chi connectivity index (χ0n) is 17.2. The van der Waals surface area contributed by atoms with Gasteiger partial charge in [0.1, 0.15) is 0 Å². The zero-order chi connectivity index (χ0) is 21.3. The van der Waals surface area contributed by atoms with Crippen LogP contribution < -0.4 is 10.6 Å². The summed E-state index contributed by atoms with van der Waals surface area (Å²) in [6.07, 6.45) is 6.08. The maximum absolute atomic E-state index is 12.3. The number of amides is 2. The molecular formula is C25H25N5O. The van der Waals surface area contributed by atoms with Crippen molar-refractivity contribution in [1.29, 1.82) is 0 Å². The molecule has 0 aliphatic carbocycles. The fraction of sp³-hybridized carbons (Fsp3) is 0.160. The molecule has 0 bridgehead atoms. The van der Waals surface area contributed by atoms with Gasteiger partial charge in [0, 0.05) is 37.6 Å². The van der Waals surface area contributed by atoms with Crippen LogP contribution in [0.4, 0.5) is 4.79 Å². The SMILES string of the molecule is O=C(NCCC(c1ccccc1)c1ccccc1)NCc1ccnc(-n2cccn2)c1. The minimum absolute atomic E-state index is 0.183. The number of carbonyl (C=O) groups excluding carboxylic acids is 1. The van der Waals surface area contributed by atoms with Crippen LogP contribution in [-0.4, -0.2) is 27.3 Å². The van der Waals surface area contributed by atoms with Crippen molar-refractivity contribution in [2.45, 2.75) is 18.9 Å². The van der Waals surface area contributed by atoms with Crippen LogP contribution in [0.5, 0.6) is 0 Å². The van der Waals surface area contributed by atoms with Crippen LogP contribution in [0.2, 0.25) is 0 Å². The van der Waals surface area contributed by atoms with Crippen LogP contribution in [0.25, 0.3) is 5.82 Å². The molecule has 156 valence electrons. The molecule has 4 aromatic rings. The van der Waals surface area contributed by atoms with E-state index < -0.39 is 0 Å². The topological polar surface area (TPSA) is 71.8 Å². The molecule has 2 N–H and O–H groups in total. The van der Waals surface area contributed by atoms with Gasteiger partial charge in [-0.3, -0.25) is 0 Å². The lowest BCUT2D eigenvalue weighted by atomic mass is 9.88. The second-order valence-corrected chi connectivity index (χ2v) is 7.25. The maximum atomic E-state index is 12.3. The van der Waals surface area contributed by atoms with E-state index in [9.17, 15) is 4.79 Å². The number of pyridine rings is 1. The average Bonchev–Trinajstić information content (AvgIpc) is 3.37. The van der Waals surface area contributed by atoms with Crippen LogP contribution in [-0.2, 0) is 6.54 Å². The molecule has 0 aliphatic rings. The Labute approximate surface area is 182 Å². The Bertz CT molecular complexity index is 1040. The summed E-state index contributed by atoms with van der Waals surface area (Å²) in [6.45, 7) is 0.999. The van der Waals surface area contributed by atoms with Crippen LogP contribution in [0, 0.1) is 0 Å². The van der Waals surface area contributed by atoms with Gasteiger partial charge < -0.3 is 10.6 Å². The Morgan fingerprint density at radius 1 is 0.871 bits per heavy atom. The molecule has 6 heteroatoms. The Morgan fingerprint density at radius 2 is 1.58 bits per heavy atom. The summed E-state index contributed by atoms with van der Waals surface area (Å²) in [6, 6.07) is 26.3. The van der Waals surface area contributed by atoms with E-state index in [1.54, 1.807) is 17.1 Å². The number of nitrogens with zero attached hydrogens (tertiary/aromatic N) is 3. The number of nitrogens with one attached hydrogen (secondary N) is 2. The standard InChI is InChI=1S/C25H25N5O/c31-25(28-19-20-12-15-26-24(18-20)30-17-7-14-29-30)27-16-13-23(21-8-3-1-4-9-21)22-10-5-2-6-11-22/h1-12,14-15,17-18,23H,13,16,19H2,(H2,27,28,31). The fourth-order valence-corrected chi connectivity index (χ4v) is 3.57. The van der Waals surface area contributed by atoms with Crippen molar-refractivity contribution in [1.82, 2.24) is 25.4 Å². The number of aromatic nitrogens is 3. The minimum atomic E-state index is -0.183. The first-order chi connectivity index (χ1) is 15.3. The van der Waals surface area contributed by atoms with E-state index in [-0.39, 0.29) is 11.9 Å². The van der Waals surface area contributed by atoms with Crippen molar-refractivity contribution in [2.75, 3.05) is 6.54 Å². The van der Waals surface area contributed by atoms with Crippen LogP contribution >= 0.6 is 0 Å². The smallest absolute Gasteiger partial charge is 0.315 e. The second kappa shape index (κ2) is 10.2. The van der Waals surface area contributed by atoms with Gasteiger partial charge in [-0.15, -0.1) is 0 Å². The predicted molar refractivity (Wildman–Crippen MR) is 121 cm³/mol. The summed E-state index contributed by atoms with van der Waals surface area (Å²) in [5.41, 5.74) is 3.46. The van der Waals surface area contributed by atoms with E-state index >= 15 is 0 Å². The molecule has 0 fully saturated rings. The third-order valence-corrected chi connectivity index (χ3v) is 5.12. The first-order valence-electron chi connectivity index (χ1n) is 10.4. The second-order valence-electron chi connectivity index (χ2n) is 7.25. The van der Waals surface area contributed by atoms with Gasteiger partial charge >= 0.3 is 6.03 Å². The summed E-state index contributed by atoms with van der Waals surface area (Å²) in [5.74, 6) is 0.956. The highest BCUT2D eigenvalue weighted by Gasteiger charge is 2.14. The van der Waals surface area contributed by atoms with E-state index in [4.69, 9.17) is 0 Å². The number of hydrogen-bond acceptors (Lipinski definition) is 3.